The molecule has 1 amide bonds. The van der Waals surface area contributed by atoms with E-state index in [0.717, 1.165) is 5.39 Å². The number of carbonyl (C=O) groups is 1. The van der Waals surface area contributed by atoms with Gasteiger partial charge >= 0.3 is 0 Å². The van der Waals surface area contributed by atoms with Gasteiger partial charge in [0.25, 0.3) is 5.91 Å². The van der Waals surface area contributed by atoms with Gasteiger partial charge in [0.2, 0.25) is 0 Å². The molecule has 1 fully saturated rings. The Bertz CT molecular complexity index is 1350. The maximum atomic E-state index is 15.0. The van der Waals surface area contributed by atoms with E-state index >= 15 is 0 Å². The molecule has 0 radical (unpaired) electrons. The molecule has 1 aliphatic rings. The van der Waals surface area contributed by atoms with Crippen LogP contribution in [0.25, 0.3) is 16.3 Å². The van der Waals surface area contributed by atoms with E-state index in [1.165, 1.54) is 0 Å². The number of benzene rings is 2. The van der Waals surface area contributed by atoms with Gasteiger partial charge in [0.15, 0.2) is 17.3 Å². The van der Waals surface area contributed by atoms with Crippen LogP contribution in [-0.2, 0) is 0 Å². The molecule has 1 aliphatic heterocycles. The summed E-state index contributed by atoms with van der Waals surface area (Å²) < 4.78 is 22.5. The van der Waals surface area contributed by atoms with E-state index in [-0.39, 0.29) is 17.6 Å². The average Bonchev–Trinajstić information content (AvgIpc) is 3.07. The van der Waals surface area contributed by atoms with Crippen LogP contribution in [0.3, 0.4) is 0 Å². The summed E-state index contributed by atoms with van der Waals surface area (Å²) in [6, 6.07) is 14.4. The fourth-order valence-corrected chi connectivity index (χ4v) is 3.83. The summed E-state index contributed by atoms with van der Waals surface area (Å²) in [7, 11) is 0. The van der Waals surface area contributed by atoms with E-state index in [4.69, 9.17) is 10.00 Å². The number of aromatic nitrogens is 2. The second-order valence-corrected chi connectivity index (χ2v) is 7.39. The number of nitriles is 1. The smallest absolute Gasteiger partial charge is 0.255 e. The third-order valence-electron chi connectivity index (χ3n) is 5.52. The number of nitrogens with zero attached hydrogens (tertiary/aromatic N) is 4. The predicted molar refractivity (Wildman–Crippen MR) is 109 cm³/mol. The number of carbonyl (C=O) groups excluding carboxylic acids is 1. The Morgan fingerprint density at radius 2 is 2.00 bits per heavy atom. The maximum absolute atomic E-state index is 15.0. The molecule has 148 valence electrons. The molecule has 0 aliphatic carbocycles. The number of aryl methyl sites for hydroxylation is 1. The summed E-state index contributed by atoms with van der Waals surface area (Å²) in [5.74, 6) is -0.178. The van der Waals surface area contributed by atoms with E-state index in [0.29, 0.717) is 40.9 Å². The number of hydrogen-bond donors (Lipinski definition) is 0. The van der Waals surface area contributed by atoms with Gasteiger partial charge in [-0.05, 0) is 23.9 Å². The molecule has 2 aromatic carbocycles. The molecule has 6 nitrogen and oxygen atoms in total. The third kappa shape index (κ3) is 2.77. The highest BCUT2D eigenvalue weighted by Crippen LogP contribution is 2.34. The fourth-order valence-electron chi connectivity index (χ4n) is 3.83. The Kier molecular flexibility index (Phi) is 4.14. The fraction of sp³-hybridized carbons (Fsp3) is 0.174. The lowest BCUT2D eigenvalue weighted by Gasteiger charge is -2.35. The number of likely N-dealkylation sites (tertiary alicyclic amines) is 1. The standard InChI is InChI=1S/C23H17FN4O2/c1-14-18(23(29)27-11-15(10-25)12-27)13-28-22(14)20(8-9-26-28)30-19-7-6-16-4-2-3-5-17(16)21(19)24/h2-9,13,15H,11-12H2,1H3. The van der Waals surface area contributed by atoms with Crippen LogP contribution in [-0.4, -0.2) is 33.5 Å². The third-order valence-corrected chi connectivity index (χ3v) is 5.52. The van der Waals surface area contributed by atoms with Crippen LogP contribution in [0, 0.1) is 30.0 Å². The van der Waals surface area contributed by atoms with Crippen LogP contribution < -0.4 is 4.74 Å². The number of ether oxygens (including phenoxy) is 1. The van der Waals surface area contributed by atoms with E-state index in [2.05, 4.69) is 11.2 Å². The molecular weight excluding hydrogens is 383 g/mol. The summed E-state index contributed by atoms with van der Waals surface area (Å²) >= 11 is 0. The SMILES string of the molecule is Cc1c(C(=O)N2CC(C#N)C2)cn2nccc(Oc3ccc4ccccc4c3F)c12. The van der Waals surface area contributed by atoms with Crippen LogP contribution in [0.5, 0.6) is 11.5 Å². The first-order valence-electron chi connectivity index (χ1n) is 9.57. The molecule has 0 unspecified atom stereocenters. The highest BCUT2D eigenvalue weighted by molar-refractivity contribution is 5.99. The average molecular weight is 400 g/mol. The Morgan fingerprint density at radius 3 is 2.80 bits per heavy atom. The first kappa shape index (κ1) is 18.1. The minimum atomic E-state index is -0.438. The van der Waals surface area contributed by atoms with Crippen LogP contribution in [0.2, 0.25) is 0 Å². The van der Waals surface area contributed by atoms with Crippen LogP contribution in [0.4, 0.5) is 4.39 Å². The quantitative estimate of drug-likeness (QED) is 0.513. The lowest BCUT2D eigenvalue weighted by atomic mass is 10.0. The molecule has 3 heterocycles. The van der Waals surface area contributed by atoms with Crippen LogP contribution in [0.1, 0.15) is 15.9 Å². The summed E-state index contributed by atoms with van der Waals surface area (Å²) in [6.07, 6.45) is 3.20. The van der Waals surface area contributed by atoms with Crippen molar-refractivity contribution in [2.24, 2.45) is 5.92 Å². The first-order valence-corrected chi connectivity index (χ1v) is 9.57. The first-order chi connectivity index (χ1) is 14.6. The van der Waals surface area contributed by atoms with Gasteiger partial charge in [-0.1, -0.05) is 30.3 Å². The highest BCUT2D eigenvalue weighted by Gasteiger charge is 2.33. The number of fused-ring (bicyclic) bond motifs is 2. The van der Waals surface area contributed by atoms with Crippen LogP contribution >= 0.6 is 0 Å². The molecule has 0 bridgehead atoms. The minimum Gasteiger partial charge on any atom is -0.452 e. The van der Waals surface area contributed by atoms with Gasteiger partial charge < -0.3 is 9.64 Å². The highest BCUT2D eigenvalue weighted by atomic mass is 19.1. The van der Waals surface area contributed by atoms with E-state index in [9.17, 15) is 9.18 Å². The molecule has 0 spiro atoms. The molecule has 0 saturated carbocycles. The van der Waals surface area contributed by atoms with Crippen molar-refractivity contribution in [2.75, 3.05) is 13.1 Å². The van der Waals surface area contributed by atoms with Crippen molar-refractivity contribution in [3.8, 4) is 17.6 Å². The summed E-state index contributed by atoms with van der Waals surface area (Å²) in [5, 5.41) is 14.5. The molecular formula is C23H17FN4O2. The second kappa shape index (κ2) is 6.85. The predicted octanol–water partition coefficient (Wildman–Crippen LogP) is 4.32. The van der Waals surface area contributed by atoms with Crippen LogP contribution in [0.15, 0.2) is 54.9 Å². The zero-order chi connectivity index (χ0) is 20.8. The van der Waals surface area contributed by atoms with Crippen molar-refractivity contribution in [3.05, 3.63) is 71.8 Å². The largest absolute Gasteiger partial charge is 0.452 e. The monoisotopic (exact) mass is 400 g/mol. The van der Waals surface area contributed by atoms with Gasteiger partial charge in [-0.2, -0.15) is 10.4 Å². The zero-order valence-electron chi connectivity index (χ0n) is 16.2. The Hall–Kier alpha value is -3.92. The van der Waals surface area contributed by atoms with Gasteiger partial charge in [0.1, 0.15) is 5.52 Å². The van der Waals surface area contributed by atoms with Gasteiger partial charge in [-0.25, -0.2) is 8.91 Å². The molecule has 1 saturated heterocycles. The zero-order valence-corrected chi connectivity index (χ0v) is 16.2. The molecule has 7 heteroatoms. The van der Waals surface area contributed by atoms with Crippen molar-refractivity contribution in [2.45, 2.75) is 6.92 Å². The van der Waals surface area contributed by atoms with E-state index < -0.39 is 5.82 Å². The van der Waals surface area contributed by atoms with Crippen molar-refractivity contribution in [1.29, 1.82) is 5.26 Å². The Morgan fingerprint density at radius 1 is 1.20 bits per heavy atom. The Labute approximate surface area is 171 Å². The normalized spacial score (nSPS) is 14.0. The molecule has 4 aromatic rings. The Balaban J connectivity index is 1.53. The molecule has 0 N–H and O–H groups in total. The van der Waals surface area contributed by atoms with E-state index in [1.807, 2.05) is 25.1 Å². The second-order valence-electron chi connectivity index (χ2n) is 7.39. The van der Waals surface area contributed by atoms with Gasteiger partial charge in [-0.3, -0.25) is 4.79 Å². The molecule has 0 atom stereocenters. The molecule has 30 heavy (non-hydrogen) atoms. The number of hydrogen-bond acceptors (Lipinski definition) is 4. The molecule has 2 aromatic heterocycles. The van der Waals surface area contributed by atoms with Crippen molar-refractivity contribution < 1.29 is 13.9 Å². The number of halogens is 1. The summed E-state index contributed by atoms with van der Waals surface area (Å²) in [6.45, 7) is 2.68. The van der Waals surface area contributed by atoms with Gasteiger partial charge in [0, 0.05) is 30.7 Å². The topological polar surface area (TPSA) is 70.6 Å². The molecule has 5 rings (SSSR count). The van der Waals surface area contributed by atoms with E-state index in [1.54, 1.807) is 46.1 Å². The van der Waals surface area contributed by atoms with Crippen molar-refractivity contribution >= 4 is 22.2 Å². The van der Waals surface area contributed by atoms with Gasteiger partial charge in [0.05, 0.1) is 23.7 Å². The minimum absolute atomic E-state index is 0.106. The summed E-state index contributed by atoms with van der Waals surface area (Å²) in [5.41, 5.74) is 1.80. The van der Waals surface area contributed by atoms with Gasteiger partial charge in [-0.15, -0.1) is 0 Å². The summed E-state index contributed by atoms with van der Waals surface area (Å²) in [4.78, 5) is 14.5. The maximum Gasteiger partial charge on any atom is 0.255 e. The lowest BCUT2D eigenvalue weighted by Crippen LogP contribution is -2.49. The number of amides is 1. The van der Waals surface area contributed by atoms with Crippen molar-refractivity contribution in [3.63, 3.8) is 0 Å². The lowest BCUT2D eigenvalue weighted by molar-refractivity contribution is 0.0576. The van der Waals surface area contributed by atoms with Crippen molar-refractivity contribution in [1.82, 2.24) is 14.5 Å². The number of rotatable bonds is 3.